The third-order valence-electron chi connectivity index (χ3n) is 4.48. The number of fused-ring (bicyclic) bond motifs is 2. The SMILES string of the molecule is O=C(c1cc2cc([N+](=O)[O-])ccc2s1)N(/N=C/c1ccco1)c1nc2ccc(F)cc2s1. The molecule has 0 atom stereocenters. The second kappa shape index (κ2) is 7.94. The fraction of sp³-hybridized carbons (Fsp3) is 0. The molecule has 0 saturated carbocycles. The lowest BCUT2D eigenvalue weighted by molar-refractivity contribution is -0.384. The first-order valence-corrected chi connectivity index (χ1v) is 10.8. The molecule has 0 aliphatic carbocycles. The van der Waals surface area contributed by atoms with Gasteiger partial charge in [-0.2, -0.15) is 10.1 Å². The molecule has 0 radical (unpaired) electrons. The summed E-state index contributed by atoms with van der Waals surface area (Å²) in [6.45, 7) is 0. The number of carbonyl (C=O) groups excluding carboxylic acids is 1. The number of hydrogen-bond acceptors (Lipinski definition) is 8. The van der Waals surface area contributed by atoms with E-state index in [-0.39, 0.29) is 10.8 Å². The molecular weight excluding hydrogens is 455 g/mol. The average molecular weight is 466 g/mol. The number of nitro groups is 1. The molecule has 1 amide bonds. The summed E-state index contributed by atoms with van der Waals surface area (Å²) in [5.41, 5.74) is 0.472. The molecule has 2 aromatic carbocycles. The van der Waals surface area contributed by atoms with Crippen molar-refractivity contribution < 1.29 is 18.5 Å². The molecule has 0 N–H and O–H groups in total. The van der Waals surface area contributed by atoms with Gasteiger partial charge in [0.15, 0.2) is 0 Å². The van der Waals surface area contributed by atoms with Crippen LogP contribution < -0.4 is 5.01 Å². The van der Waals surface area contributed by atoms with Crippen LogP contribution in [-0.2, 0) is 0 Å². The molecule has 5 aromatic rings. The second-order valence-electron chi connectivity index (χ2n) is 6.58. The highest BCUT2D eigenvalue weighted by Crippen LogP contribution is 2.34. The zero-order valence-corrected chi connectivity index (χ0v) is 17.6. The van der Waals surface area contributed by atoms with Crippen LogP contribution in [0.2, 0.25) is 0 Å². The van der Waals surface area contributed by atoms with E-state index in [0.29, 0.717) is 26.2 Å². The van der Waals surface area contributed by atoms with E-state index in [2.05, 4.69) is 10.1 Å². The maximum Gasteiger partial charge on any atom is 0.290 e. The van der Waals surface area contributed by atoms with Gasteiger partial charge in [-0.3, -0.25) is 14.9 Å². The van der Waals surface area contributed by atoms with Gasteiger partial charge in [0.1, 0.15) is 11.6 Å². The lowest BCUT2D eigenvalue weighted by atomic mass is 10.2. The highest BCUT2D eigenvalue weighted by Gasteiger charge is 2.24. The Labute approximate surface area is 187 Å². The van der Waals surface area contributed by atoms with Gasteiger partial charge in [0.2, 0.25) is 5.13 Å². The third-order valence-corrected chi connectivity index (χ3v) is 6.58. The van der Waals surface area contributed by atoms with Crippen LogP contribution in [-0.4, -0.2) is 22.0 Å². The number of nitrogens with zero attached hydrogens (tertiary/aromatic N) is 4. The van der Waals surface area contributed by atoms with E-state index in [1.165, 1.54) is 54.1 Å². The fourth-order valence-corrected chi connectivity index (χ4v) is 4.91. The van der Waals surface area contributed by atoms with Gasteiger partial charge in [-0.15, -0.1) is 11.3 Å². The minimum absolute atomic E-state index is 0.0600. The van der Waals surface area contributed by atoms with E-state index in [0.717, 1.165) is 21.0 Å². The molecule has 158 valence electrons. The Hall–Kier alpha value is -3.96. The summed E-state index contributed by atoms with van der Waals surface area (Å²) >= 11 is 2.31. The van der Waals surface area contributed by atoms with E-state index in [1.807, 2.05) is 0 Å². The molecule has 0 aliphatic rings. The van der Waals surface area contributed by atoms with Crippen LogP contribution >= 0.6 is 22.7 Å². The fourth-order valence-electron chi connectivity index (χ4n) is 3.00. The minimum Gasteiger partial charge on any atom is -0.463 e. The molecule has 0 fully saturated rings. The Bertz CT molecular complexity index is 1510. The Morgan fingerprint density at radius 3 is 2.81 bits per heavy atom. The van der Waals surface area contributed by atoms with E-state index >= 15 is 0 Å². The van der Waals surface area contributed by atoms with Crippen molar-refractivity contribution in [1.82, 2.24) is 4.98 Å². The predicted octanol–water partition coefficient (Wildman–Crippen LogP) is 5.83. The van der Waals surface area contributed by atoms with Crippen LogP contribution in [0.25, 0.3) is 20.3 Å². The number of halogens is 1. The van der Waals surface area contributed by atoms with E-state index < -0.39 is 16.6 Å². The summed E-state index contributed by atoms with van der Waals surface area (Å²) in [6.07, 6.45) is 2.86. The number of rotatable bonds is 5. The molecule has 8 nitrogen and oxygen atoms in total. The van der Waals surface area contributed by atoms with Crippen molar-refractivity contribution >= 4 is 65.9 Å². The quantitative estimate of drug-likeness (QED) is 0.184. The summed E-state index contributed by atoms with van der Waals surface area (Å²) in [5.74, 6) is -0.450. The van der Waals surface area contributed by atoms with Crippen molar-refractivity contribution in [3.05, 3.63) is 87.4 Å². The summed E-state index contributed by atoms with van der Waals surface area (Å²) < 4.78 is 20.2. The zero-order chi connectivity index (χ0) is 22.2. The van der Waals surface area contributed by atoms with Gasteiger partial charge in [-0.1, -0.05) is 11.3 Å². The molecular formula is C21H11FN4O4S2. The molecule has 0 aliphatic heterocycles. The molecule has 3 aromatic heterocycles. The van der Waals surface area contributed by atoms with Crippen LogP contribution in [0.15, 0.2) is 70.4 Å². The van der Waals surface area contributed by atoms with Crippen LogP contribution in [0.5, 0.6) is 0 Å². The van der Waals surface area contributed by atoms with Gasteiger partial charge >= 0.3 is 0 Å². The minimum atomic E-state index is -0.487. The van der Waals surface area contributed by atoms with Crippen molar-refractivity contribution in [2.24, 2.45) is 5.10 Å². The Morgan fingerprint density at radius 1 is 1.16 bits per heavy atom. The normalized spacial score (nSPS) is 11.5. The lowest BCUT2D eigenvalue weighted by Crippen LogP contribution is -2.24. The van der Waals surface area contributed by atoms with Crippen LogP contribution in [0.1, 0.15) is 15.4 Å². The van der Waals surface area contributed by atoms with Crippen LogP contribution in [0.4, 0.5) is 15.2 Å². The van der Waals surface area contributed by atoms with E-state index in [9.17, 15) is 19.3 Å². The average Bonchev–Trinajstić information content (AvgIpc) is 3.52. The number of benzene rings is 2. The van der Waals surface area contributed by atoms with Crippen molar-refractivity contribution in [2.75, 3.05) is 5.01 Å². The number of aromatic nitrogens is 1. The summed E-state index contributed by atoms with van der Waals surface area (Å²) in [7, 11) is 0. The van der Waals surface area contributed by atoms with E-state index in [4.69, 9.17) is 4.42 Å². The monoisotopic (exact) mass is 466 g/mol. The molecule has 0 saturated heterocycles. The Kier molecular flexibility index (Phi) is 4.96. The number of anilines is 1. The predicted molar refractivity (Wildman–Crippen MR) is 121 cm³/mol. The largest absolute Gasteiger partial charge is 0.463 e. The lowest BCUT2D eigenvalue weighted by Gasteiger charge is -2.12. The standard InChI is InChI=1S/C21H11FN4O4S2/c22-13-3-5-16-18(10-13)32-21(24-16)25(23-11-15-2-1-7-30-15)20(27)19-9-12-8-14(26(28)29)4-6-17(12)31-19/h1-11H/b23-11+. The van der Waals surface area contributed by atoms with Crippen molar-refractivity contribution in [3.63, 3.8) is 0 Å². The molecule has 3 heterocycles. The van der Waals surface area contributed by atoms with Gasteiger partial charge < -0.3 is 4.42 Å². The molecule has 0 spiro atoms. The molecule has 5 rings (SSSR count). The second-order valence-corrected chi connectivity index (χ2v) is 8.67. The topological polar surface area (TPSA) is 102 Å². The highest BCUT2D eigenvalue weighted by molar-refractivity contribution is 7.23. The van der Waals surface area contributed by atoms with Gasteiger partial charge in [-0.25, -0.2) is 9.37 Å². The van der Waals surface area contributed by atoms with Gasteiger partial charge in [0.25, 0.3) is 11.6 Å². The number of thiazole rings is 1. The maximum absolute atomic E-state index is 13.6. The summed E-state index contributed by atoms with van der Waals surface area (Å²) in [4.78, 5) is 28.7. The van der Waals surface area contributed by atoms with Gasteiger partial charge in [-0.05, 0) is 42.5 Å². The number of furan rings is 1. The Balaban J connectivity index is 1.57. The Morgan fingerprint density at radius 2 is 2.03 bits per heavy atom. The van der Waals surface area contributed by atoms with Crippen molar-refractivity contribution in [1.29, 1.82) is 0 Å². The summed E-state index contributed by atoms with van der Waals surface area (Å²) in [5, 5.41) is 17.3. The van der Waals surface area contributed by atoms with Gasteiger partial charge in [0, 0.05) is 22.2 Å². The maximum atomic E-state index is 13.6. The molecule has 0 unspecified atom stereocenters. The molecule has 0 bridgehead atoms. The third kappa shape index (κ3) is 3.74. The number of non-ortho nitro benzene ring substituents is 1. The number of nitro benzene ring substituents is 1. The van der Waals surface area contributed by atoms with Gasteiger partial charge in [0.05, 0.1) is 32.5 Å². The number of hydrazone groups is 1. The molecule has 11 heteroatoms. The number of thiophene rings is 1. The number of carbonyl (C=O) groups is 1. The van der Waals surface area contributed by atoms with E-state index in [1.54, 1.807) is 24.3 Å². The smallest absolute Gasteiger partial charge is 0.290 e. The number of hydrogen-bond donors (Lipinski definition) is 0. The van der Waals surface area contributed by atoms with Crippen molar-refractivity contribution in [3.8, 4) is 0 Å². The summed E-state index contributed by atoms with van der Waals surface area (Å²) in [6, 6.07) is 13.5. The first kappa shape index (κ1) is 20.0. The zero-order valence-electron chi connectivity index (χ0n) is 16.0. The first-order valence-electron chi connectivity index (χ1n) is 9.14. The number of amides is 1. The first-order chi connectivity index (χ1) is 15.5. The molecule has 32 heavy (non-hydrogen) atoms. The van der Waals surface area contributed by atoms with Crippen LogP contribution in [0.3, 0.4) is 0 Å². The van der Waals surface area contributed by atoms with Crippen LogP contribution in [0, 0.1) is 15.9 Å². The van der Waals surface area contributed by atoms with Crippen molar-refractivity contribution in [2.45, 2.75) is 0 Å². The highest BCUT2D eigenvalue weighted by atomic mass is 32.1.